The van der Waals surface area contributed by atoms with Crippen molar-refractivity contribution < 1.29 is 17.6 Å². The van der Waals surface area contributed by atoms with E-state index in [1.54, 1.807) is 29.4 Å². The lowest BCUT2D eigenvalue weighted by molar-refractivity contribution is 0.0692. The van der Waals surface area contributed by atoms with E-state index in [9.17, 15) is 17.6 Å². The molecule has 1 aliphatic heterocycles. The minimum atomic E-state index is -3.48. The Labute approximate surface area is 158 Å². The van der Waals surface area contributed by atoms with Gasteiger partial charge in [0.25, 0.3) is 5.91 Å². The van der Waals surface area contributed by atoms with Gasteiger partial charge in [0.2, 0.25) is 10.0 Å². The number of aromatic nitrogens is 1. The predicted molar refractivity (Wildman–Crippen MR) is 99.9 cm³/mol. The Bertz CT molecular complexity index is 865. The number of piperidine rings is 1. The second-order valence-electron chi connectivity index (χ2n) is 6.71. The van der Waals surface area contributed by atoms with Crippen molar-refractivity contribution >= 4 is 15.9 Å². The van der Waals surface area contributed by atoms with E-state index in [0.717, 1.165) is 12.8 Å². The second kappa shape index (κ2) is 8.58. The van der Waals surface area contributed by atoms with Crippen LogP contribution in [-0.2, 0) is 15.8 Å². The quantitative estimate of drug-likeness (QED) is 0.819. The van der Waals surface area contributed by atoms with Gasteiger partial charge < -0.3 is 4.90 Å². The van der Waals surface area contributed by atoms with E-state index in [1.165, 1.54) is 24.3 Å². The molecule has 1 aromatic heterocycles. The zero-order chi connectivity index (χ0) is 19.3. The summed E-state index contributed by atoms with van der Waals surface area (Å²) >= 11 is 0. The zero-order valence-corrected chi connectivity index (χ0v) is 15.7. The molecular formula is C19H22FN3O3S. The summed E-state index contributed by atoms with van der Waals surface area (Å²) in [4.78, 5) is 18.1. The van der Waals surface area contributed by atoms with Crippen molar-refractivity contribution in [2.75, 3.05) is 19.6 Å². The number of benzene rings is 1. The number of sulfonamides is 1. The minimum absolute atomic E-state index is 0.0206. The molecule has 0 bridgehead atoms. The summed E-state index contributed by atoms with van der Waals surface area (Å²) in [5.41, 5.74) is 1.16. The van der Waals surface area contributed by atoms with Gasteiger partial charge in [-0.2, -0.15) is 0 Å². The molecule has 0 aliphatic carbocycles. The van der Waals surface area contributed by atoms with Crippen LogP contribution in [0.2, 0.25) is 0 Å². The van der Waals surface area contributed by atoms with Crippen molar-refractivity contribution in [3.63, 3.8) is 0 Å². The molecule has 0 radical (unpaired) electrons. The lowest BCUT2D eigenvalue weighted by Crippen LogP contribution is -2.41. The molecule has 1 N–H and O–H groups in total. The molecule has 1 amide bonds. The van der Waals surface area contributed by atoms with E-state index < -0.39 is 15.8 Å². The molecule has 27 heavy (non-hydrogen) atoms. The lowest BCUT2D eigenvalue weighted by Gasteiger charge is -2.32. The number of hydrogen-bond donors (Lipinski definition) is 1. The molecule has 6 nitrogen and oxygen atoms in total. The largest absolute Gasteiger partial charge is 0.339 e. The van der Waals surface area contributed by atoms with Gasteiger partial charge in [-0.15, -0.1) is 0 Å². The Kier molecular flexibility index (Phi) is 6.18. The number of hydrogen-bond acceptors (Lipinski definition) is 4. The molecule has 1 saturated heterocycles. The van der Waals surface area contributed by atoms with Gasteiger partial charge in [-0.25, -0.2) is 17.5 Å². The van der Waals surface area contributed by atoms with Gasteiger partial charge >= 0.3 is 0 Å². The highest BCUT2D eigenvalue weighted by atomic mass is 32.2. The second-order valence-corrected chi connectivity index (χ2v) is 8.51. The molecule has 0 atom stereocenters. The van der Waals surface area contributed by atoms with Crippen LogP contribution >= 0.6 is 0 Å². The highest BCUT2D eigenvalue weighted by Gasteiger charge is 2.24. The first-order valence-electron chi connectivity index (χ1n) is 8.84. The molecule has 1 aliphatic rings. The average molecular weight is 391 g/mol. The summed E-state index contributed by atoms with van der Waals surface area (Å²) in [6, 6.07) is 8.83. The van der Waals surface area contributed by atoms with E-state index in [1.807, 2.05) is 0 Å². The number of carbonyl (C=O) groups is 1. The first-order valence-corrected chi connectivity index (χ1v) is 10.5. The Morgan fingerprint density at radius 1 is 1.11 bits per heavy atom. The fraction of sp³-hybridized carbons (Fsp3) is 0.368. The third kappa shape index (κ3) is 5.58. The molecular weight excluding hydrogens is 369 g/mol. The molecule has 144 valence electrons. The van der Waals surface area contributed by atoms with Gasteiger partial charge in [-0.1, -0.05) is 12.1 Å². The summed E-state index contributed by atoms with van der Waals surface area (Å²) in [5, 5.41) is 0. The van der Waals surface area contributed by atoms with E-state index in [-0.39, 0.29) is 17.6 Å². The van der Waals surface area contributed by atoms with Crippen LogP contribution in [0.5, 0.6) is 0 Å². The number of carbonyl (C=O) groups excluding carboxylic acids is 1. The Balaban J connectivity index is 1.46. The molecule has 0 unspecified atom stereocenters. The molecule has 1 fully saturated rings. The molecule has 0 saturated carbocycles. The number of rotatable bonds is 6. The van der Waals surface area contributed by atoms with Crippen molar-refractivity contribution in [3.8, 4) is 0 Å². The molecule has 2 heterocycles. The van der Waals surface area contributed by atoms with Crippen molar-refractivity contribution in [1.29, 1.82) is 0 Å². The Hall–Kier alpha value is -2.32. The normalized spacial score (nSPS) is 15.7. The standard InChI is InChI=1S/C19H22FN3O3S/c20-18-3-1-16(2-4-18)14-27(25,26)22-13-15-7-11-23(12-8-15)19(24)17-5-9-21-10-6-17/h1-6,9-10,15,22H,7-8,11-14H2. The van der Waals surface area contributed by atoms with Crippen LogP contribution in [0.4, 0.5) is 4.39 Å². The van der Waals surface area contributed by atoms with Gasteiger partial charge in [0, 0.05) is 37.6 Å². The smallest absolute Gasteiger partial charge is 0.253 e. The van der Waals surface area contributed by atoms with Crippen LogP contribution in [0.3, 0.4) is 0 Å². The van der Waals surface area contributed by atoms with Gasteiger partial charge in [-0.05, 0) is 48.6 Å². The van der Waals surface area contributed by atoms with E-state index >= 15 is 0 Å². The number of pyridine rings is 1. The topological polar surface area (TPSA) is 79.4 Å². The van der Waals surface area contributed by atoms with Crippen LogP contribution in [0.1, 0.15) is 28.8 Å². The third-order valence-electron chi connectivity index (χ3n) is 4.69. The van der Waals surface area contributed by atoms with Crippen LogP contribution in [0, 0.1) is 11.7 Å². The van der Waals surface area contributed by atoms with Crippen molar-refractivity contribution in [2.45, 2.75) is 18.6 Å². The number of likely N-dealkylation sites (tertiary alicyclic amines) is 1. The molecule has 2 aromatic rings. The highest BCUT2D eigenvalue weighted by molar-refractivity contribution is 7.88. The summed E-state index contributed by atoms with van der Waals surface area (Å²) in [6.07, 6.45) is 4.68. The average Bonchev–Trinajstić information content (AvgIpc) is 2.69. The van der Waals surface area contributed by atoms with Gasteiger partial charge in [0.15, 0.2) is 0 Å². The predicted octanol–water partition coefficient (Wildman–Crippen LogP) is 2.19. The van der Waals surface area contributed by atoms with Crippen molar-refractivity contribution in [3.05, 3.63) is 65.7 Å². The van der Waals surface area contributed by atoms with Crippen LogP contribution in [-0.4, -0.2) is 43.8 Å². The van der Waals surface area contributed by atoms with E-state index in [4.69, 9.17) is 0 Å². The van der Waals surface area contributed by atoms with Crippen LogP contribution in [0.25, 0.3) is 0 Å². The fourth-order valence-electron chi connectivity index (χ4n) is 3.11. The Morgan fingerprint density at radius 2 is 1.74 bits per heavy atom. The summed E-state index contributed by atoms with van der Waals surface area (Å²) in [7, 11) is -3.48. The Morgan fingerprint density at radius 3 is 2.37 bits per heavy atom. The summed E-state index contributed by atoms with van der Waals surface area (Å²) in [5.74, 6) is -0.397. The van der Waals surface area contributed by atoms with E-state index in [0.29, 0.717) is 30.8 Å². The van der Waals surface area contributed by atoms with Gasteiger partial charge in [0.05, 0.1) is 5.75 Å². The van der Waals surface area contributed by atoms with Gasteiger partial charge in [-0.3, -0.25) is 9.78 Å². The first-order chi connectivity index (χ1) is 12.9. The maximum Gasteiger partial charge on any atom is 0.253 e. The summed E-state index contributed by atoms with van der Waals surface area (Å²) < 4.78 is 40.0. The van der Waals surface area contributed by atoms with E-state index in [2.05, 4.69) is 9.71 Å². The molecule has 3 rings (SSSR count). The summed E-state index contributed by atoms with van der Waals surface area (Å²) in [6.45, 7) is 1.55. The van der Waals surface area contributed by atoms with Gasteiger partial charge in [0.1, 0.15) is 5.82 Å². The first kappa shape index (κ1) is 19.4. The number of nitrogens with one attached hydrogen (secondary N) is 1. The third-order valence-corrected chi connectivity index (χ3v) is 6.01. The monoisotopic (exact) mass is 391 g/mol. The minimum Gasteiger partial charge on any atom is -0.339 e. The van der Waals surface area contributed by atoms with Crippen LogP contribution in [0.15, 0.2) is 48.8 Å². The van der Waals surface area contributed by atoms with Crippen molar-refractivity contribution in [1.82, 2.24) is 14.6 Å². The highest BCUT2D eigenvalue weighted by Crippen LogP contribution is 2.19. The zero-order valence-electron chi connectivity index (χ0n) is 14.8. The lowest BCUT2D eigenvalue weighted by atomic mass is 9.97. The fourth-order valence-corrected chi connectivity index (χ4v) is 4.34. The van der Waals surface area contributed by atoms with Crippen LogP contribution < -0.4 is 4.72 Å². The SMILES string of the molecule is O=C(c1ccncc1)N1CCC(CNS(=O)(=O)Cc2ccc(F)cc2)CC1. The number of amides is 1. The maximum absolute atomic E-state index is 12.9. The molecule has 1 aromatic carbocycles. The number of nitrogens with zero attached hydrogens (tertiary/aromatic N) is 2. The van der Waals surface area contributed by atoms with Crippen molar-refractivity contribution in [2.24, 2.45) is 5.92 Å². The number of halogens is 1. The maximum atomic E-state index is 12.9. The molecule has 0 spiro atoms. The molecule has 8 heteroatoms.